The second-order valence-electron chi connectivity index (χ2n) is 8.80. The van der Waals surface area contributed by atoms with Gasteiger partial charge in [-0.3, -0.25) is 15.6 Å². The average Bonchev–Trinajstić information content (AvgIpc) is 2.83. The van der Waals surface area contributed by atoms with Crippen molar-refractivity contribution in [1.82, 2.24) is 20.9 Å². The molecule has 4 atom stereocenters. The minimum absolute atomic E-state index is 0.0450. The molecule has 4 N–H and O–H groups in total. The number of ketones is 1. The summed E-state index contributed by atoms with van der Waals surface area (Å²) in [4.78, 5) is 13.7. The third kappa shape index (κ3) is 6.01. The van der Waals surface area contributed by atoms with Crippen LogP contribution in [0.5, 0.6) is 0 Å². The highest BCUT2D eigenvalue weighted by atomic mass is 16.3. The number of rotatable bonds is 8. The van der Waals surface area contributed by atoms with Gasteiger partial charge >= 0.3 is 0 Å². The number of carbonyl (C=O) groups is 1. The van der Waals surface area contributed by atoms with Gasteiger partial charge in [0.05, 0.1) is 24.3 Å². The van der Waals surface area contributed by atoms with Crippen LogP contribution < -0.4 is 10.9 Å². The number of β-amino-alcohol motifs (C(OH)–C–C–N with tert-alkyl or cyclic N) is 2. The Labute approximate surface area is 190 Å². The van der Waals surface area contributed by atoms with E-state index in [1.54, 1.807) is 0 Å². The molecule has 2 aliphatic heterocycles. The molecule has 32 heavy (non-hydrogen) atoms. The molecule has 0 radical (unpaired) electrons. The van der Waals surface area contributed by atoms with E-state index < -0.39 is 24.3 Å². The van der Waals surface area contributed by atoms with Crippen molar-refractivity contribution in [3.63, 3.8) is 0 Å². The van der Waals surface area contributed by atoms with Gasteiger partial charge < -0.3 is 10.2 Å². The summed E-state index contributed by atoms with van der Waals surface area (Å²) in [5, 5.41) is 24.5. The molecule has 2 aromatic carbocycles. The molecule has 4 unspecified atom stereocenters. The quantitative estimate of drug-likeness (QED) is 0.488. The zero-order valence-corrected chi connectivity index (χ0v) is 18.4. The predicted octanol–water partition coefficient (Wildman–Crippen LogP) is 0.921. The standard InChI is InChI=1S/C25H34N4O3/c30-21-15-23(28(26-17-21)13-11-19-7-3-1-4-8-19)25(32)24-16-22(31)18-27-29(24)14-12-20-9-5-2-6-10-20/h1-10,21-24,26-27,30-31H,11-18H2. The van der Waals surface area contributed by atoms with Crippen LogP contribution in [0.25, 0.3) is 0 Å². The van der Waals surface area contributed by atoms with E-state index in [4.69, 9.17) is 0 Å². The number of carbonyl (C=O) groups excluding carboxylic acids is 1. The summed E-state index contributed by atoms with van der Waals surface area (Å²) in [6.45, 7) is 2.25. The number of hydrogen-bond acceptors (Lipinski definition) is 7. The van der Waals surface area contributed by atoms with Crippen molar-refractivity contribution in [2.45, 2.75) is 50.0 Å². The number of Topliss-reactive ketones (excluding diaryl/α,β-unsaturated/α-hetero) is 1. The van der Waals surface area contributed by atoms with E-state index in [9.17, 15) is 15.0 Å². The first-order valence-corrected chi connectivity index (χ1v) is 11.6. The van der Waals surface area contributed by atoms with Gasteiger partial charge in [-0.05, 0) is 36.8 Å². The lowest BCUT2D eigenvalue weighted by molar-refractivity contribution is -0.140. The van der Waals surface area contributed by atoms with Crippen molar-refractivity contribution >= 4 is 5.78 Å². The molecule has 0 spiro atoms. The lowest BCUT2D eigenvalue weighted by Gasteiger charge is -2.43. The van der Waals surface area contributed by atoms with Crippen LogP contribution in [0.15, 0.2) is 60.7 Å². The zero-order chi connectivity index (χ0) is 22.3. The van der Waals surface area contributed by atoms with Crippen LogP contribution in [-0.2, 0) is 17.6 Å². The van der Waals surface area contributed by atoms with Crippen molar-refractivity contribution < 1.29 is 15.0 Å². The molecule has 172 valence electrons. The van der Waals surface area contributed by atoms with Crippen LogP contribution in [0, 0.1) is 0 Å². The van der Waals surface area contributed by atoms with E-state index in [1.807, 2.05) is 46.4 Å². The number of benzene rings is 2. The fraction of sp³-hybridized carbons (Fsp3) is 0.480. The third-order valence-corrected chi connectivity index (χ3v) is 6.43. The topological polar surface area (TPSA) is 88.1 Å². The van der Waals surface area contributed by atoms with Gasteiger partial charge in [-0.15, -0.1) is 0 Å². The summed E-state index contributed by atoms with van der Waals surface area (Å²) < 4.78 is 0. The SMILES string of the molecule is O=C(C1CC(O)CNN1CCc1ccccc1)C1CC(O)CNN1CCc1ccccc1. The van der Waals surface area contributed by atoms with E-state index in [1.165, 1.54) is 11.1 Å². The maximum Gasteiger partial charge on any atom is 0.170 e. The molecular weight excluding hydrogens is 404 g/mol. The van der Waals surface area contributed by atoms with E-state index in [0.29, 0.717) is 39.0 Å². The molecule has 2 saturated heterocycles. The lowest BCUT2D eigenvalue weighted by atomic mass is 9.92. The minimum Gasteiger partial charge on any atom is -0.392 e. The first-order valence-electron chi connectivity index (χ1n) is 11.6. The van der Waals surface area contributed by atoms with Crippen molar-refractivity contribution in [3.05, 3.63) is 71.8 Å². The van der Waals surface area contributed by atoms with E-state index in [0.717, 1.165) is 12.8 Å². The normalized spacial score (nSPS) is 27.3. The second kappa shape index (κ2) is 11.1. The maximum absolute atomic E-state index is 13.7. The van der Waals surface area contributed by atoms with Crippen LogP contribution in [0.2, 0.25) is 0 Å². The summed E-state index contributed by atoms with van der Waals surface area (Å²) in [7, 11) is 0. The Bertz CT molecular complexity index is 781. The van der Waals surface area contributed by atoms with Crippen LogP contribution in [0.1, 0.15) is 24.0 Å². The van der Waals surface area contributed by atoms with E-state index in [-0.39, 0.29) is 5.78 Å². The summed E-state index contributed by atoms with van der Waals surface area (Å²) >= 11 is 0. The van der Waals surface area contributed by atoms with E-state index in [2.05, 4.69) is 35.1 Å². The number of aliphatic hydroxyl groups excluding tert-OH is 2. The highest BCUT2D eigenvalue weighted by Crippen LogP contribution is 2.21. The number of nitrogens with zero attached hydrogens (tertiary/aromatic N) is 2. The zero-order valence-electron chi connectivity index (χ0n) is 18.4. The summed E-state index contributed by atoms with van der Waals surface area (Å²) in [6.07, 6.45) is 1.32. The van der Waals surface area contributed by atoms with Crippen LogP contribution in [0.4, 0.5) is 0 Å². The molecule has 0 bridgehead atoms. The van der Waals surface area contributed by atoms with Crippen molar-refractivity contribution in [3.8, 4) is 0 Å². The van der Waals surface area contributed by atoms with Crippen LogP contribution in [0.3, 0.4) is 0 Å². The molecule has 0 saturated carbocycles. The Hall–Kier alpha value is -2.13. The van der Waals surface area contributed by atoms with Gasteiger partial charge in [0.25, 0.3) is 0 Å². The first-order chi connectivity index (χ1) is 15.6. The number of nitrogens with one attached hydrogen (secondary N) is 2. The highest BCUT2D eigenvalue weighted by Gasteiger charge is 2.40. The Morgan fingerprint density at radius 1 is 0.750 bits per heavy atom. The van der Waals surface area contributed by atoms with Crippen molar-refractivity contribution in [2.24, 2.45) is 0 Å². The number of hydrogen-bond donors (Lipinski definition) is 4. The third-order valence-electron chi connectivity index (χ3n) is 6.43. The second-order valence-corrected chi connectivity index (χ2v) is 8.80. The van der Waals surface area contributed by atoms with Crippen molar-refractivity contribution in [1.29, 1.82) is 0 Å². The van der Waals surface area contributed by atoms with Crippen LogP contribution in [-0.4, -0.2) is 76.5 Å². The molecular formula is C25H34N4O3. The number of aliphatic hydroxyl groups is 2. The first kappa shape index (κ1) is 23.0. The molecule has 2 heterocycles. The predicted molar refractivity (Wildman–Crippen MR) is 124 cm³/mol. The Morgan fingerprint density at radius 2 is 1.16 bits per heavy atom. The van der Waals surface area contributed by atoms with Gasteiger partial charge in [-0.2, -0.15) is 0 Å². The Balaban J connectivity index is 1.44. The molecule has 0 aliphatic carbocycles. The fourth-order valence-corrected chi connectivity index (χ4v) is 4.62. The Morgan fingerprint density at radius 3 is 1.56 bits per heavy atom. The molecule has 2 aromatic rings. The summed E-state index contributed by atoms with van der Waals surface area (Å²) in [5.41, 5.74) is 8.94. The molecule has 2 fully saturated rings. The number of hydrazine groups is 2. The van der Waals surface area contributed by atoms with Gasteiger partial charge in [-0.25, -0.2) is 10.0 Å². The molecule has 0 amide bonds. The highest BCUT2D eigenvalue weighted by molar-refractivity contribution is 5.89. The van der Waals surface area contributed by atoms with Crippen molar-refractivity contribution in [2.75, 3.05) is 26.2 Å². The van der Waals surface area contributed by atoms with Gasteiger partial charge in [0.1, 0.15) is 0 Å². The molecule has 4 rings (SSSR count). The smallest absolute Gasteiger partial charge is 0.170 e. The molecule has 7 nitrogen and oxygen atoms in total. The van der Waals surface area contributed by atoms with Crippen LogP contribution >= 0.6 is 0 Å². The summed E-state index contributed by atoms with van der Waals surface area (Å²) in [5.74, 6) is 0.0450. The largest absolute Gasteiger partial charge is 0.392 e. The molecule has 0 aromatic heterocycles. The average molecular weight is 439 g/mol. The fourth-order valence-electron chi connectivity index (χ4n) is 4.62. The molecule has 2 aliphatic rings. The van der Waals surface area contributed by atoms with E-state index >= 15 is 0 Å². The lowest BCUT2D eigenvalue weighted by Crippen LogP contribution is -2.65. The van der Waals surface area contributed by atoms with Gasteiger partial charge in [0.15, 0.2) is 5.78 Å². The maximum atomic E-state index is 13.7. The van der Waals surface area contributed by atoms with Gasteiger partial charge in [0.2, 0.25) is 0 Å². The minimum atomic E-state index is -0.559. The van der Waals surface area contributed by atoms with Gasteiger partial charge in [-0.1, -0.05) is 60.7 Å². The Kier molecular flexibility index (Phi) is 8.02. The van der Waals surface area contributed by atoms with Gasteiger partial charge in [0, 0.05) is 26.2 Å². The molecule has 7 heteroatoms. The summed E-state index contributed by atoms with van der Waals surface area (Å²) in [6, 6.07) is 19.5. The monoisotopic (exact) mass is 438 g/mol.